The topological polar surface area (TPSA) is 65.5 Å². The van der Waals surface area contributed by atoms with E-state index in [-0.39, 0.29) is 24.5 Å². The molecule has 0 radical (unpaired) electrons. The zero-order valence-electron chi connectivity index (χ0n) is 12.9. The van der Waals surface area contributed by atoms with Crippen LogP contribution in [0.5, 0.6) is 0 Å². The molecule has 0 saturated carbocycles. The molecule has 21 heavy (non-hydrogen) atoms. The summed E-state index contributed by atoms with van der Waals surface area (Å²) in [5.74, 6) is 0.694. The van der Waals surface area contributed by atoms with Gasteiger partial charge in [0.1, 0.15) is 5.82 Å². The summed E-state index contributed by atoms with van der Waals surface area (Å²) in [7, 11) is 0. The molecule has 1 saturated heterocycles. The molecule has 0 aromatic carbocycles. The molecule has 116 valence electrons. The van der Waals surface area contributed by atoms with Gasteiger partial charge in [0.25, 0.3) is 5.91 Å². The van der Waals surface area contributed by atoms with Crippen molar-refractivity contribution in [2.24, 2.45) is 5.92 Å². The molecular weight excluding hydrogens is 266 g/mol. The number of aliphatic hydroxyl groups excluding tert-OH is 1. The van der Waals surface area contributed by atoms with Gasteiger partial charge in [-0.25, -0.2) is 4.98 Å². The van der Waals surface area contributed by atoms with Crippen molar-refractivity contribution < 1.29 is 9.90 Å². The van der Waals surface area contributed by atoms with Crippen molar-refractivity contribution >= 4 is 11.7 Å². The number of aromatic nitrogens is 1. The number of nitrogens with zero attached hydrogens (tertiary/aromatic N) is 2. The minimum Gasteiger partial charge on any atom is -0.396 e. The van der Waals surface area contributed by atoms with Gasteiger partial charge in [0.05, 0.1) is 5.56 Å². The average molecular weight is 291 g/mol. The first-order valence-corrected chi connectivity index (χ1v) is 7.75. The van der Waals surface area contributed by atoms with E-state index in [1.807, 2.05) is 19.9 Å². The highest BCUT2D eigenvalue weighted by molar-refractivity contribution is 5.99. The Labute approximate surface area is 126 Å². The number of pyridine rings is 1. The lowest BCUT2D eigenvalue weighted by Gasteiger charge is -2.29. The molecule has 2 heterocycles. The number of piperidine rings is 1. The largest absolute Gasteiger partial charge is 0.396 e. The normalized spacial score (nSPS) is 18.1. The van der Waals surface area contributed by atoms with Crippen LogP contribution in [0.25, 0.3) is 0 Å². The number of carbonyl (C=O) groups excluding carboxylic acids is 1. The second kappa shape index (κ2) is 7.41. The predicted molar refractivity (Wildman–Crippen MR) is 83.5 cm³/mol. The van der Waals surface area contributed by atoms with Crippen molar-refractivity contribution in [2.45, 2.75) is 39.2 Å². The second-order valence-corrected chi connectivity index (χ2v) is 5.84. The predicted octanol–water partition coefficient (Wildman–Crippen LogP) is 1.82. The van der Waals surface area contributed by atoms with Gasteiger partial charge >= 0.3 is 0 Å². The first-order valence-electron chi connectivity index (χ1n) is 7.75. The second-order valence-electron chi connectivity index (χ2n) is 5.84. The number of amides is 1. The minimum absolute atomic E-state index is 0.0315. The van der Waals surface area contributed by atoms with E-state index in [1.165, 1.54) is 6.42 Å². The van der Waals surface area contributed by atoms with Crippen molar-refractivity contribution in [3.63, 3.8) is 0 Å². The third kappa shape index (κ3) is 3.94. The van der Waals surface area contributed by atoms with E-state index in [0.717, 1.165) is 31.7 Å². The third-order valence-electron chi connectivity index (χ3n) is 4.19. The molecule has 5 heteroatoms. The summed E-state index contributed by atoms with van der Waals surface area (Å²) >= 11 is 0. The first-order chi connectivity index (χ1) is 10.1. The van der Waals surface area contributed by atoms with E-state index in [1.54, 1.807) is 12.3 Å². The van der Waals surface area contributed by atoms with E-state index in [2.05, 4.69) is 15.2 Å². The van der Waals surface area contributed by atoms with Crippen LogP contribution in [0.4, 0.5) is 5.82 Å². The Kier molecular flexibility index (Phi) is 5.56. The maximum atomic E-state index is 12.5. The van der Waals surface area contributed by atoms with E-state index < -0.39 is 0 Å². The van der Waals surface area contributed by atoms with Crippen LogP contribution in [0, 0.1) is 5.92 Å². The zero-order valence-corrected chi connectivity index (χ0v) is 12.9. The SMILES string of the molecule is CC(CO)C(C)NC(=O)c1cccnc1N1CCCCC1. The maximum absolute atomic E-state index is 12.5. The Hall–Kier alpha value is -1.62. The van der Waals surface area contributed by atoms with E-state index >= 15 is 0 Å². The highest BCUT2D eigenvalue weighted by Crippen LogP contribution is 2.21. The molecule has 1 aliphatic rings. The molecular formula is C16H25N3O2. The van der Waals surface area contributed by atoms with E-state index in [9.17, 15) is 9.90 Å². The quantitative estimate of drug-likeness (QED) is 0.868. The van der Waals surface area contributed by atoms with Gasteiger partial charge in [0.15, 0.2) is 0 Å². The van der Waals surface area contributed by atoms with Crippen molar-refractivity contribution in [1.29, 1.82) is 0 Å². The fourth-order valence-corrected chi connectivity index (χ4v) is 2.52. The molecule has 1 aliphatic heterocycles. The molecule has 1 aromatic rings. The van der Waals surface area contributed by atoms with Crippen LogP contribution in [-0.2, 0) is 0 Å². The number of nitrogens with one attached hydrogen (secondary N) is 1. The Morgan fingerprint density at radius 3 is 2.76 bits per heavy atom. The molecule has 5 nitrogen and oxygen atoms in total. The summed E-state index contributed by atoms with van der Waals surface area (Å²) in [6.07, 6.45) is 5.28. The average Bonchev–Trinajstić information content (AvgIpc) is 2.54. The Morgan fingerprint density at radius 2 is 2.10 bits per heavy atom. The summed E-state index contributed by atoms with van der Waals surface area (Å²) in [6.45, 7) is 5.81. The molecule has 0 aliphatic carbocycles. The van der Waals surface area contributed by atoms with Crippen LogP contribution in [0.1, 0.15) is 43.5 Å². The van der Waals surface area contributed by atoms with Crippen LogP contribution < -0.4 is 10.2 Å². The third-order valence-corrected chi connectivity index (χ3v) is 4.19. The molecule has 0 bridgehead atoms. The highest BCUT2D eigenvalue weighted by Gasteiger charge is 2.21. The van der Waals surface area contributed by atoms with Crippen molar-refractivity contribution in [3.05, 3.63) is 23.9 Å². The van der Waals surface area contributed by atoms with E-state index in [0.29, 0.717) is 5.56 Å². The van der Waals surface area contributed by atoms with Gasteiger partial charge in [0, 0.05) is 31.9 Å². The summed E-state index contributed by atoms with van der Waals surface area (Å²) in [5.41, 5.74) is 0.622. The number of anilines is 1. The molecule has 1 aromatic heterocycles. The van der Waals surface area contributed by atoms with Gasteiger partial charge < -0.3 is 15.3 Å². The fraction of sp³-hybridized carbons (Fsp3) is 0.625. The first kappa shape index (κ1) is 15.8. The summed E-state index contributed by atoms with van der Waals surface area (Å²) in [6, 6.07) is 3.54. The summed E-state index contributed by atoms with van der Waals surface area (Å²) in [4.78, 5) is 19.1. The van der Waals surface area contributed by atoms with Crippen LogP contribution in [0.3, 0.4) is 0 Å². The molecule has 1 fully saturated rings. The Balaban J connectivity index is 2.13. The minimum atomic E-state index is -0.114. The number of carbonyl (C=O) groups is 1. The van der Waals surface area contributed by atoms with Crippen molar-refractivity contribution in [2.75, 3.05) is 24.6 Å². The zero-order chi connectivity index (χ0) is 15.2. The van der Waals surface area contributed by atoms with Crippen molar-refractivity contribution in [1.82, 2.24) is 10.3 Å². The van der Waals surface area contributed by atoms with Gasteiger partial charge in [-0.2, -0.15) is 0 Å². The molecule has 0 spiro atoms. The molecule has 2 N–H and O–H groups in total. The lowest BCUT2D eigenvalue weighted by molar-refractivity contribution is 0.0916. The number of rotatable bonds is 5. The number of aliphatic hydroxyl groups is 1. The lowest BCUT2D eigenvalue weighted by atomic mass is 10.0. The van der Waals surface area contributed by atoms with Gasteiger partial charge in [-0.05, 0) is 44.2 Å². The van der Waals surface area contributed by atoms with Crippen LogP contribution in [0.2, 0.25) is 0 Å². The molecule has 2 rings (SSSR count). The molecule has 1 amide bonds. The van der Waals surface area contributed by atoms with Crippen LogP contribution in [0.15, 0.2) is 18.3 Å². The van der Waals surface area contributed by atoms with Gasteiger partial charge in [0.2, 0.25) is 0 Å². The Bertz CT molecular complexity index is 472. The van der Waals surface area contributed by atoms with Crippen LogP contribution in [-0.4, -0.2) is 41.7 Å². The standard InChI is InChI=1S/C16H25N3O2/c1-12(11-20)13(2)18-16(21)14-7-6-8-17-15(14)19-9-4-3-5-10-19/h6-8,12-13,20H,3-5,9-11H2,1-2H3,(H,18,21). The summed E-state index contributed by atoms with van der Waals surface area (Å²) in [5, 5.41) is 12.1. The summed E-state index contributed by atoms with van der Waals surface area (Å²) < 4.78 is 0. The number of hydrogen-bond acceptors (Lipinski definition) is 4. The van der Waals surface area contributed by atoms with Crippen molar-refractivity contribution in [3.8, 4) is 0 Å². The van der Waals surface area contributed by atoms with Gasteiger partial charge in [-0.1, -0.05) is 6.92 Å². The van der Waals surface area contributed by atoms with Gasteiger partial charge in [-0.15, -0.1) is 0 Å². The van der Waals surface area contributed by atoms with Gasteiger partial charge in [-0.3, -0.25) is 4.79 Å². The lowest BCUT2D eigenvalue weighted by Crippen LogP contribution is -2.40. The molecule has 2 unspecified atom stereocenters. The maximum Gasteiger partial charge on any atom is 0.255 e. The fourth-order valence-electron chi connectivity index (χ4n) is 2.52. The smallest absolute Gasteiger partial charge is 0.255 e. The molecule has 2 atom stereocenters. The number of hydrogen-bond donors (Lipinski definition) is 2. The Morgan fingerprint density at radius 1 is 1.38 bits per heavy atom. The van der Waals surface area contributed by atoms with E-state index in [4.69, 9.17) is 0 Å². The monoisotopic (exact) mass is 291 g/mol. The highest BCUT2D eigenvalue weighted by atomic mass is 16.3. The van der Waals surface area contributed by atoms with Crippen LogP contribution >= 0.6 is 0 Å².